The zero-order valence-corrected chi connectivity index (χ0v) is 10.9. The van der Waals surface area contributed by atoms with Crippen LogP contribution < -0.4 is 5.32 Å². The summed E-state index contributed by atoms with van der Waals surface area (Å²) in [6.45, 7) is 1.06. The highest BCUT2D eigenvalue weighted by atomic mass is 79.9. The Morgan fingerprint density at radius 2 is 2.44 bits per heavy atom. The van der Waals surface area contributed by atoms with E-state index in [-0.39, 0.29) is 0 Å². The molecule has 1 fully saturated rings. The molecule has 0 bridgehead atoms. The minimum atomic E-state index is 0.334. The molecule has 3 nitrogen and oxygen atoms in total. The highest BCUT2D eigenvalue weighted by Gasteiger charge is 2.22. The van der Waals surface area contributed by atoms with Crippen LogP contribution in [-0.4, -0.2) is 15.9 Å². The van der Waals surface area contributed by atoms with Gasteiger partial charge in [0.1, 0.15) is 5.82 Å². The number of hydrogen-bond donors (Lipinski definition) is 1. The fourth-order valence-corrected chi connectivity index (χ4v) is 2.76. The van der Waals surface area contributed by atoms with Gasteiger partial charge in [0.15, 0.2) is 5.15 Å². The number of imidazole rings is 1. The molecular formula is C11H11BrClN3. The first-order valence-electron chi connectivity index (χ1n) is 5.32. The number of aromatic nitrogens is 2. The van der Waals surface area contributed by atoms with E-state index in [2.05, 4.69) is 30.6 Å². The van der Waals surface area contributed by atoms with Crippen LogP contribution in [0.15, 0.2) is 22.8 Å². The minimum Gasteiger partial charge on any atom is -0.307 e. The first-order chi connectivity index (χ1) is 7.75. The Hall–Kier alpha value is -0.580. The Balaban J connectivity index is 2.18. The fourth-order valence-electron chi connectivity index (χ4n) is 2.20. The summed E-state index contributed by atoms with van der Waals surface area (Å²) in [5.74, 6) is 1.02. The predicted molar refractivity (Wildman–Crippen MR) is 67.9 cm³/mol. The van der Waals surface area contributed by atoms with Crippen LogP contribution in [0.1, 0.15) is 24.7 Å². The van der Waals surface area contributed by atoms with E-state index in [1.807, 2.05) is 18.3 Å². The number of nitrogens with one attached hydrogen (secondary N) is 1. The topological polar surface area (TPSA) is 29.3 Å². The van der Waals surface area contributed by atoms with Crippen molar-refractivity contribution in [3.63, 3.8) is 0 Å². The summed E-state index contributed by atoms with van der Waals surface area (Å²) in [6, 6.07) is 4.33. The van der Waals surface area contributed by atoms with Crippen molar-refractivity contribution in [2.24, 2.45) is 0 Å². The van der Waals surface area contributed by atoms with Crippen LogP contribution in [0.3, 0.4) is 0 Å². The summed E-state index contributed by atoms with van der Waals surface area (Å²) in [4.78, 5) is 4.46. The van der Waals surface area contributed by atoms with E-state index in [1.54, 1.807) is 0 Å². The van der Waals surface area contributed by atoms with Gasteiger partial charge >= 0.3 is 0 Å². The van der Waals surface area contributed by atoms with E-state index in [9.17, 15) is 0 Å². The number of pyridine rings is 1. The van der Waals surface area contributed by atoms with Gasteiger partial charge in [-0.3, -0.25) is 0 Å². The smallest absolute Gasteiger partial charge is 0.155 e. The Labute approximate surface area is 107 Å². The molecule has 1 unspecified atom stereocenters. The van der Waals surface area contributed by atoms with Crippen molar-refractivity contribution in [1.29, 1.82) is 0 Å². The average molecular weight is 301 g/mol. The molecule has 0 amide bonds. The lowest BCUT2D eigenvalue weighted by Gasteiger charge is -2.08. The number of halogens is 2. The molecule has 1 aliphatic rings. The highest BCUT2D eigenvalue weighted by molar-refractivity contribution is 9.10. The summed E-state index contributed by atoms with van der Waals surface area (Å²) in [7, 11) is 0. The van der Waals surface area contributed by atoms with Crippen molar-refractivity contribution in [1.82, 2.24) is 14.7 Å². The van der Waals surface area contributed by atoms with E-state index in [0.717, 1.165) is 28.8 Å². The molecule has 0 aromatic carbocycles. The summed E-state index contributed by atoms with van der Waals surface area (Å²) >= 11 is 9.59. The second-order valence-corrected chi connectivity index (χ2v) is 5.28. The molecule has 16 heavy (non-hydrogen) atoms. The normalized spacial score (nSPS) is 20.8. The molecule has 2 aromatic heterocycles. The molecule has 1 aliphatic heterocycles. The van der Waals surface area contributed by atoms with Crippen molar-refractivity contribution in [3.05, 3.63) is 33.8 Å². The van der Waals surface area contributed by atoms with Crippen LogP contribution in [0, 0.1) is 0 Å². The number of hydrogen-bond acceptors (Lipinski definition) is 2. The van der Waals surface area contributed by atoms with Crippen molar-refractivity contribution >= 4 is 33.0 Å². The van der Waals surface area contributed by atoms with Gasteiger partial charge in [0.05, 0.1) is 11.6 Å². The molecular weight excluding hydrogens is 289 g/mol. The minimum absolute atomic E-state index is 0.334. The van der Waals surface area contributed by atoms with E-state index < -0.39 is 0 Å². The number of rotatable bonds is 1. The fraction of sp³-hybridized carbons (Fsp3) is 0.364. The first kappa shape index (κ1) is 10.6. The van der Waals surface area contributed by atoms with E-state index in [0.29, 0.717) is 11.2 Å². The lowest BCUT2D eigenvalue weighted by atomic mass is 10.2. The maximum atomic E-state index is 6.15. The van der Waals surface area contributed by atoms with Crippen LogP contribution in [0.25, 0.3) is 5.52 Å². The largest absolute Gasteiger partial charge is 0.307 e. The summed E-state index contributed by atoms with van der Waals surface area (Å²) in [6.07, 6.45) is 4.34. The Morgan fingerprint density at radius 1 is 1.56 bits per heavy atom. The van der Waals surface area contributed by atoms with Gasteiger partial charge in [-0.1, -0.05) is 27.5 Å². The van der Waals surface area contributed by atoms with Crippen LogP contribution in [0.5, 0.6) is 0 Å². The highest BCUT2D eigenvalue weighted by Crippen LogP contribution is 2.28. The Bertz CT molecular complexity index is 531. The lowest BCUT2D eigenvalue weighted by molar-refractivity contribution is 0.602. The van der Waals surface area contributed by atoms with Gasteiger partial charge in [-0.25, -0.2) is 4.98 Å². The van der Waals surface area contributed by atoms with Gasteiger partial charge in [-0.2, -0.15) is 0 Å². The van der Waals surface area contributed by atoms with Gasteiger partial charge in [-0.15, -0.1) is 0 Å². The lowest BCUT2D eigenvalue weighted by Crippen LogP contribution is -2.15. The predicted octanol–water partition coefficient (Wildman–Crippen LogP) is 3.17. The second-order valence-electron chi connectivity index (χ2n) is 4.01. The van der Waals surface area contributed by atoms with Gasteiger partial charge in [0, 0.05) is 10.7 Å². The molecule has 0 radical (unpaired) electrons. The summed E-state index contributed by atoms with van der Waals surface area (Å²) < 4.78 is 3.09. The molecule has 3 heterocycles. The van der Waals surface area contributed by atoms with E-state index >= 15 is 0 Å². The molecule has 3 rings (SSSR count). The third-order valence-electron chi connectivity index (χ3n) is 2.96. The van der Waals surface area contributed by atoms with Crippen molar-refractivity contribution in [2.75, 3.05) is 6.54 Å². The van der Waals surface area contributed by atoms with Gasteiger partial charge in [0.25, 0.3) is 0 Å². The zero-order chi connectivity index (χ0) is 11.1. The Kier molecular flexibility index (Phi) is 2.65. The summed E-state index contributed by atoms with van der Waals surface area (Å²) in [5, 5.41) is 4.01. The Morgan fingerprint density at radius 3 is 3.19 bits per heavy atom. The van der Waals surface area contributed by atoms with Crippen molar-refractivity contribution in [2.45, 2.75) is 18.9 Å². The van der Waals surface area contributed by atoms with Gasteiger partial charge in [-0.05, 0) is 31.5 Å². The molecule has 0 spiro atoms. The molecule has 5 heteroatoms. The number of fused-ring (bicyclic) bond motifs is 1. The molecule has 1 N–H and O–H groups in total. The maximum Gasteiger partial charge on any atom is 0.155 e. The van der Waals surface area contributed by atoms with Gasteiger partial charge in [0.2, 0.25) is 0 Å². The van der Waals surface area contributed by atoms with Crippen LogP contribution in [-0.2, 0) is 0 Å². The molecule has 1 atom stereocenters. The molecule has 0 saturated carbocycles. The quantitative estimate of drug-likeness (QED) is 0.876. The standard InChI is InChI=1S/C11H11BrClN3/c12-7-3-5-16-9(6-7)10(13)15-11(16)8-2-1-4-14-8/h3,5-6,8,14H,1-2,4H2. The van der Waals surface area contributed by atoms with Gasteiger partial charge < -0.3 is 9.72 Å². The number of nitrogens with zero attached hydrogens (tertiary/aromatic N) is 2. The van der Waals surface area contributed by atoms with Crippen LogP contribution >= 0.6 is 27.5 Å². The van der Waals surface area contributed by atoms with Crippen molar-refractivity contribution in [3.8, 4) is 0 Å². The van der Waals surface area contributed by atoms with Crippen molar-refractivity contribution < 1.29 is 0 Å². The molecule has 0 aliphatic carbocycles. The third-order valence-corrected chi connectivity index (χ3v) is 3.73. The molecule has 2 aromatic rings. The summed E-state index contributed by atoms with van der Waals surface area (Å²) in [5.41, 5.74) is 0.958. The molecule has 84 valence electrons. The van der Waals surface area contributed by atoms with E-state index in [4.69, 9.17) is 11.6 Å². The SMILES string of the molecule is Clc1nc(C2CCCN2)n2ccc(Br)cc12. The second kappa shape index (κ2) is 4.02. The maximum absolute atomic E-state index is 6.15. The first-order valence-corrected chi connectivity index (χ1v) is 6.49. The van der Waals surface area contributed by atoms with Crippen LogP contribution in [0.2, 0.25) is 5.15 Å². The third kappa shape index (κ3) is 1.65. The average Bonchev–Trinajstić information content (AvgIpc) is 2.87. The molecule has 1 saturated heterocycles. The zero-order valence-electron chi connectivity index (χ0n) is 8.58. The monoisotopic (exact) mass is 299 g/mol. The van der Waals surface area contributed by atoms with Crippen LogP contribution in [0.4, 0.5) is 0 Å². The van der Waals surface area contributed by atoms with E-state index in [1.165, 1.54) is 6.42 Å².